The number of nitrogens with two attached hydrogens (primary N) is 1. The summed E-state index contributed by atoms with van der Waals surface area (Å²) >= 11 is 0. The second-order valence-electron chi connectivity index (χ2n) is 4.53. The molecule has 0 atom stereocenters. The summed E-state index contributed by atoms with van der Waals surface area (Å²) < 4.78 is 44.9. The number of morpholine rings is 1. The third-order valence-corrected chi connectivity index (χ3v) is 4.61. The monoisotopic (exact) mass is 303 g/mol. The lowest BCUT2D eigenvalue weighted by Gasteiger charge is -2.26. The molecule has 0 saturated carbocycles. The maximum absolute atomic E-state index is 13.1. The molecule has 1 saturated heterocycles. The van der Waals surface area contributed by atoms with Crippen molar-refractivity contribution in [3.8, 4) is 0 Å². The Labute approximate surface area is 117 Å². The van der Waals surface area contributed by atoms with E-state index in [0.29, 0.717) is 19.8 Å². The van der Waals surface area contributed by atoms with Crippen LogP contribution in [-0.4, -0.2) is 52.7 Å². The summed E-state index contributed by atoms with van der Waals surface area (Å²) in [5, 5.41) is 0. The fourth-order valence-electron chi connectivity index (χ4n) is 1.98. The number of nitrogen functional groups attached to an aromatic ring is 1. The Morgan fingerprint density at radius 2 is 2.05 bits per heavy atom. The van der Waals surface area contributed by atoms with Gasteiger partial charge in [-0.2, -0.15) is 0 Å². The molecule has 6 nitrogen and oxygen atoms in total. The van der Waals surface area contributed by atoms with E-state index in [-0.39, 0.29) is 17.1 Å². The number of hydrogen-bond acceptors (Lipinski definition) is 5. The van der Waals surface area contributed by atoms with Crippen molar-refractivity contribution in [2.45, 2.75) is 4.90 Å². The molecule has 0 amide bonds. The highest BCUT2D eigenvalue weighted by Gasteiger charge is 2.18. The molecule has 1 aromatic carbocycles. The van der Waals surface area contributed by atoms with Crippen molar-refractivity contribution in [1.82, 2.24) is 9.62 Å². The summed E-state index contributed by atoms with van der Waals surface area (Å²) in [5.41, 5.74) is 5.61. The predicted molar refractivity (Wildman–Crippen MR) is 73.3 cm³/mol. The van der Waals surface area contributed by atoms with Crippen LogP contribution in [0.4, 0.5) is 10.1 Å². The number of rotatable bonds is 5. The number of halogens is 1. The van der Waals surface area contributed by atoms with Gasteiger partial charge in [0.1, 0.15) is 10.7 Å². The second-order valence-corrected chi connectivity index (χ2v) is 6.27. The van der Waals surface area contributed by atoms with Crippen molar-refractivity contribution in [3.63, 3.8) is 0 Å². The van der Waals surface area contributed by atoms with Crippen LogP contribution >= 0.6 is 0 Å². The lowest BCUT2D eigenvalue weighted by atomic mass is 10.3. The van der Waals surface area contributed by atoms with Crippen LogP contribution in [0.15, 0.2) is 23.1 Å². The minimum atomic E-state index is -3.79. The molecule has 2 rings (SSSR count). The Morgan fingerprint density at radius 3 is 2.75 bits per heavy atom. The zero-order chi connectivity index (χ0) is 14.6. The smallest absolute Gasteiger partial charge is 0.242 e. The lowest BCUT2D eigenvalue weighted by molar-refractivity contribution is 0.0390. The topological polar surface area (TPSA) is 84.7 Å². The maximum Gasteiger partial charge on any atom is 0.242 e. The highest BCUT2D eigenvalue weighted by molar-refractivity contribution is 7.89. The van der Waals surface area contributed by atoms with Gasteiger partial charge in [0.2, 0.25) is 10.0 Å². The second kappa shape index (κ2) is 6.49. The standard InChI is InChI=1S/C12H18FN3O3S/c13-10-1-2-11(14)12(9-10)20(17,18)15-3-4-16-5-7-19-8-6-16/h1-2,9,15H,3-8,14H2. The zero-order valence-corrected chi connectivity index (χ0v) is 11.8. The van der Waals surface area contributed by atoms with Crippen molar-refractivity contribution in [2.24, 2.45) is 0 Å². The molecular weight excluding hydrogens is 285 g/mol. The van der Waals surface area contributed by atoms with Crippen LogP contribution in [0.3, 0.4) is 0 Å². The molecule has 1 aliphatic rings. The first-order chi connectivity index (χ1) is 9.49. The summed E-state index contributed by atoms with van der Waals surface area (Å²) in [7, 11) is -3.79. The minimum Gasteiger partial charge on any atom is -0.398 e. The summed E-state index contributed by atoms with van der Waals surface area (Å²) in [4.78, 5) is 1.88. The molecular formula is C12H18FN3O3S. The van der Waals surface area contributed by atoms with Gasteiger partial charge in [0.25, 0.3) is 0 Å². The lowest BCUT2D eigenvalue weighted by Crippen LogP contribution is -2.41. The first kappa shape index (κ1) is 15.2. The minimum absolute atomic E-state index is 0.0327. The molecule has 20 heavy (non-hydrogen) atoms. The van der Waals surface area contributed by atoms with E-state index in [1.807, 2.05) is 0 Å². The predicted octanol–water partition coefficient (Wildman–Crippen LogP) is 0.0184. The molecule has 0 aromatic heterocycles. The summed E-state index contributed by atoms with van der Waals surface area (Å²) in [5.74, 6) is -0.632. The van der Waals surface area contributed by atoms with E-state index in [1.165, 1.54) is 6.07 Å². The third-order valence-electron chi connectivity index (χ3n) is 3.09. The molecule has 0 aliphatic carbocycles. The SMILES string of the molecule is Nc1ccc(F)cc1S(=O)(=O)NCCN1CCOCC1. The van der Waals surface area contributed by atoms with E-state index in [9.17, 15) is 12.8 Å². The van der Waals surface area contributed by atoms with E-state index in [0.717, 1.165) is 25.2 Å². The highest BCUT2D eigenvalue weighted by atomic mass is 32.2. The van der Waals surface area contributed by atoms with Gasteiger partial charge < -0.3 is 10.5 Å². The number of benzene rings is 1. The Kier molecular flexibility index (Phi) is 4.92. The quantitative estimate of drug-likeness (QED) is 0.749. The molecule has 1 aromatic rings. The van der Waals surface area contributed by atoms with E-state index in [4.69, 9.17) is 10.5 Å². The van der Waals surface area contributed by atoms with E-state index in [2.05, 4.69) is 9.62 Å². The van der Waals surface area contributed by atoms with Crippen LogP contribution in [0, 0.1) is 5.82 Å². The Hall–Kier alpha value is -1.22. The molecule has 0 radical (unpaired) electrons. The summed E-state index contributed by atoms with van der Waals surface area (Å²) in [6, 6.07) is 3.29. The van der Waals surface area contributed by atoms with E-state index < -0.39 is 15.8 Å². The van der Waals surface area contributed by atoms with E-state index >= 15 is 0 Å². The number of anilines is 1. The van der Waals surface area contributed by atoms with Crippen LogP contribution in [0.2, 0.25) is 0 Å². The molecule has 112 valence electrons. The van der Waals surface area contributed by atoms with Gasteiger partial charge in [-0.05, 0) is 18.2 Å². The van der Waals surface area contributed by atoms with Crippen LogP contribution in [-0.2, 0) is 14.8 Å². The number of nitrogens with zero attached hydrogens (tertiary/aromatic N) is 1. The van der Waals surface area contributed by atoms with E-state index in [1.54, 1.807) is 0 Å². The summed E-state index contributed by atoms with van der Waals surface area (Å²) in [6.07, 6.45) is 0. The first-order valence-electron chi connectivity index (χ1n) is 6.34. The molecule has 0 spiro atoms. The van der Waals surface area contributed by atoms with Gasteiger partial charge in [0.05, 0.1) is 18.9 Å². The van der Waals surface area contributed by atoms with Gasteiger partial charge in [-0.15, -0.1) is 0 Å². The fourth-order valence-corrected chi connectivity index (χ4v) is 3.14. The molecule has 3 N–H and O–H groups in total. The van der Waals surface area contributed by atoms with Gasteiger partial charge in [-0.3, -0.25) is 4.90 Å². The number of nitrogens with one attached hydrogen (secondary N) is 1. The van der Waals surface area contributed by atoms with Crippen LogP contribution < -0.4 is 10.5 Å². The Bertz CT molecular complexity index is 559. The number of sulfonamides is 1. The average molecular weight is 303 g/mol. The van der Waals surface area contributed by atoms with Gasteiger partial charge in [-0.1, -0.05) is 0 Å². The average Bonchev–Trinajstić information content (AvgIpc) is 2.42. The number of ether oxygens (including phenoxy) is 1. The van der Waals surface area contributed by atoms with Gasteiger partial charge in [-0.25, -0.2) is 17.5 Å². The highest BCUT2D eigenvalue weighted by Crippen LogP contribution is 2.18. The fraction of sp³-hybridized carbons (Fsp3) is 0.500. The largest absolute Gasteiger partial charge is 0.398 e. The summed E-state index contributed by atoms with van der Waals surface area (Å²) in [6.45, 7) is 3.71. The molecule has 0 bridgehead atoms. The van der Waals surface area contributed by atoms with Gasteiger partial charge >= 0.3 is 0 Å². The van der Waals surface area contributed by atoms with Crippen LogP contribution in [0.5, 0.6) is 0 Å². The third kappa shape index (κ3) is 3.89. The normalized spacial score (nSPS) is 17.2. The van der Waals surface area contributed by atoms with Crippen molar-refractivity contribution < 1.29 is 17.5 Å². The number of hydrogen-bond donors (Lipinski definition) is 2. The molecule has 8 heteroatoms. The molecule has 1 fully saturated rings. The van der Waals surface area contributed by atoms with Crippen LogP contribution in [0.25, 0.3) is 0 Å². The Morgan fingerprint density at radius 1 is 1.35 bits per heavy atom. The molecule has 0 unspecified atom stereocenters. The molecule has 1 heterocycles. The first-order valence-corrected chi connectivity index (χ1v) is 7.82. The Balaban J connectivity index is 1.95. The van der Waals surface area contributed by atoms with Gasteiger partial charge in [0, 0.05) is 26.2 Å². The van der Waals surface area contributed by atoms with Crippen molar-refractivity contribution in [2.75, 3.05) is 45.1 Å². The van der Waals surface area contributed by atoms with Gasteiger partial charge in [0.15, 0.2) is 0 Å². The van der Waals surface area contributed by atoms with Crippen molar-refractivity contribution in [3.05, 3.63) is 24.0 Å². The van der Waals surface area contributed by atoms with Crippen LogP contribution in [0.1, 0.15) is 0 Å². The molecule has 1 aliphatic heterocycles. The maximum atomic E-state index is 13.1. The van der Waals surface area contributed by atoms with Crippen molar-refractivity contribution in [1.29, 1.82) is 0 Å². The van der Waals surface area contributed by atoms with Crippen molar-refractivity contribution >= 4 is 15.7 Å². The zero-order valence-electron chi connectivity index (χ0n) is 11.0.